The van der Waals surface area contributed by atoms with Crippen LogP contribution in [0.4, 0.5) is 0 Å². The Hall–Kier alpha value is -1.16. The van der Waals surface area contributed by atoms with Gasteiger partial charge in [-0.3, -0.25) is 0 Å². The first-order valence-electron chi connectivity index (χ1n) is 5.91. The van der Waals surface area contributed by atoms with Crippen LogP contribution in [0.15, 0.2) is 37.6 Å². The number of nitrogens with zero attached hydrogens (tertiary/aromatic N) is 1. The van der Waals surface area contributed by atoms with Gasteiger partial charge >= 0.3 is 5.97 Å². The maximum atomic E-state index is 12.6. The number of thiophene rings is 1. The quantitative estimate of drug-likeness (QED) is 0.814. The SMILES string of the molecule is CCN(Cc1cccs1)S(=O)(=O)c1cc(C(=O)O)oc1Br. The van der Waals surface area contributed by atoms with Gasteiger partial charge in [-0.25, -0.2) is 13.2 Å². The molecule has 114 valence electrons. The Kier molecular flexibility index (Phi) is 4.87. The second-order valence-corrected chi connectivity index (χ2v) is 7.72. The van der Waals surface area contributed by atoms with Crippen molar-refractivity contribution in [3.05, 3.63) is 38.9 Å². The third-order valence-electron chi connectivity index (χ3n) is 2.75. The van der Waals surface area contributed by atoms with Gasteiger partial charge in [0.05, 0.1) is 0 Å². The van der Waals surface area contributed by atoms with Gasteiger partial charge in [0.1, 0.15) is 4.90 Å². The number of carbonyl (C=O) groups is 1. The van der Waals surface area contributed by atoms with Gasteiger partial charge in [-0.05, 0) is 27.4 Å². The molecule has 0 radical (unpaired) electrons. The van der Waals surface area contributed by atoms with Crippen LogP contribution in [-0.4, -0.2) is 30.3 Å². The zero-order valence-electron chi connectivity index (χ0n) is 10.9. The monoisotopic (exact) mass is 393 g/mol. The third kappa shape index (κ3) is 3.37. The van der Waals surface area contributed by atoms with Crippen molar-refractivity contribution < 1.29 is 22.7 Å². The fraction of sp³-hybridized carbons (Fsp3) is 0.250. The molecule has 0 spiro atoms. The number of sulfonamides is 1. The second kappa shape index (κ2) is 6.30. The summed E-state index contributed by atoms with van der Waals surface area (Å²) in [5.41, 5.74) is 0. The van der Waals surface area contributed by atoms with E-state index in [0.29, 0.717) is 0 Å². The molecule has 0 aliphatic heterocycles. The van der Waals surface area contributed by atoms with E-state index in [-0.39, 0.29) is 22.7 Å². The molecule has 0 aromatic carbocycles. The van der Waals surface area contributed by atoms with Gasteiger partial charge < -0.3 is 9.52 Å². The minimum atomic E-state index is -3.83. The first-order valence-corrected chi connectivity index (χ1v) is 9.02. The molecular formula is C12H12BrNO5S2. The normalized spacial score (nSPS) is 12.0. The number of hydrogen-bond donors (Lipinski definition) is 1. The van der Waals surface area contributed by atoms with Gasteiger partial charge in [-0.1, -0.05) is 13.0 Å². The Morgan fingerprint density at radius 2 is 2.24 bits per heavy atom. The topological polar surface area (TPSA) is 87.8 Å². The minimum absolute atomic E-state index is 0.107. The first kappa shape index (κ1) is 16.2. The molecule has 0 amide bonds. The average molecular weight is 394 g/mol. The fourth-order valence-electron chi connectivity index (χ4n) is 1.72. The molecule has 2 rings (SSSR count). The van der Waals surface area contributed by atoms with E-state index < -0.39 is 21.8 Å². The van der Waals surface area contributed by atoms with Gasteiger partial charge in [-0.15, -0.1) is 11.3 Å². The van der Waals surface area contributed by atoms with Crippen LogP contribution >= 0.6 is 27.3 Å². The lowest BCUT2D eigenvalue weighted by Gasteiger charge is -2.18. The fourth-order valence-corrected chi connectivity index (χ4v) is 4.85. The summed E-state index contributed by atoms with van der Waals surface area (Å²) in [6, 6.07) is 4.70. The molecule has 2 aromatic heterocycles. The predicted molar refractivity (Wildman–Crippen MR) is 81.0 cm³/mol. The van der Waals surface area contributed by atoms with Crippen LogP contribution in [0, 0.1) is 0 Å². The van der Waals surface area contributed by atoms with E-state index in [1.54, 1.807) is 6.92 Å². The van der Waals surface area contributed by atoms with Crippen molar-refractivity contribution in [2.24, 2.45) is 0 Å². The molecule has 2 aromatic rings. The molecule has 0 fully saturated rings. The lowest BCUT2D eigenvalue weighted by atomic mass is 10.4. The number of carboxylic acids is 1. The lowest BCUT2D eigenvalue weighted by Crippen LogP contribution is -2.30. The first-order chi connectivity index (χ1) is 9.86. The Morgan fingerprint density at radius 3 is 2.71 bits per heavy atom. The molecule has 1 N–H and O–H groups in total. The third-order valence-corrected chi connectivity index (χ3v) is 6.39. The summed E-state index contributed by atoms with van der Waals surface area (Å²) >= 11 is 4.42. The van der Waals surface area contributed by atoms with E-state index in [1.807, 2.05) is 17.5 Å². The van der Waals surface area contributed by atoms with Gasteiger partial charge in [-0.2, -0.15) is 4.31 Å². The second-order valence-electron chi connectivity index (χ2n) is 4.06. The van der Waals surface area contributed by atoms with Gasteiger partial charge in [0.2, 0.25) is 15.8 Å². The number of aromatic carboxylic acids is 1. The lowest BCUT2D eigenvalue weighted by molar-refractivity contribution is 0.0661. The van der Waals surface area contributed by atoms with Gasteiger partial charge in [0, 0.05) is 24.0 Å². The molecule has 9 heteroatoms. The Labute approximate surface area is 134 Å². The zero-order chi connectivity index (χ0) is 15.6. The number of halogens is 1. The zero-order valence-corrected chi connectivity index (χ0v) is 14.2. The highest BCUT2D eigenvalue weighted by atomic mass is 79.9. The maximum absolute atomic E-state index is 12.6. The molecule has 0 saturated carbocycles. The summed E-state index contributed by atoms with van der Waals surface area (Å²) < 4.78 is 31.3. The van der Waals surface area contributed by atoms with Crippen LogP contribution in [0.1, 0.15) is 22.4 Å². The van der Waals surface area contributed by atoms with Crippen LogP contribution < -0.4 is 0 Å². The summed E-state index contributed by atoms with van der Waals surface area (Å²) in [4.78, 5) is 11.6. The molecule has 0 aliphatic carbocycles. The van der Waals surface area contributed by atoms with Crippen LogP contribution in [-0.2, 0) is 16.6 Å². The van der Waals surface area contributed by atoms with E-state index in [2.05, 4.69) is 15.9 Å². The van der Waals surface area contributed by atoms with Crippen LogP contribution in [0.25, 0.3) is 0 Å². The van der Waals surface area contributed by atoms with E-state index in [1.165, 1.54) is 15.6 Å². The summed E-state index contributed by atoms with van der Waals surface area (Å²) in [5, 5.41) is 10.7. The van der Waals surface area contributed by atoms with E-state index >= 15 is 0 Å². The minimum Gasteiger partial charge on any atom is -0.475 e. The highest BCUT2D eigenvalue weighted by Crippen LogP contribution is 2.30. The molecular weight excluding hydrogens is 382 g/mol. The molecule has 0 bridgehead atoms. The van der Waals surface area contributed by atoms with Crippen molar-refractivity contribution in [2.45, 2.75) is 18.4 Å². The van der Waals surface area contributed by atoms with Crippen molar-refractivity contribution in [3.63, 3.8) is 0 Å². The molecule has 0 aliphatic rings. The summed E-state index contributed by atoms with van der Waals surface area (Å²) in [7, 11) is -3.83. The number of carboxylic acid groups (broad SMARTS) is 1. The summed E-state index contributed by atoms with van der Waals surface area (Å²) in [6.07, 6.45) is 0. The van der Waals surface area contributed by atoms with E-state index in [4.69, 9.17) is 9.52 Å². The van der Waals surface area contributed by atoms with Crippen molar-refractivity contribution in [1.29, 1.82) is 0 Å². The summed E-state index contributed by atoms with van der Waals surface area (Å²) in [5.74, 6) is -1.74. The number of rotatable bonds is 6. The highest BCUT2D eigenvalue weighted by Gasteiger charge is 2.30. The molecule has 21 heavy (non-hydrogen) atoms. The van der Waals surface area contributed by atoms with Crippen molar-refractivity contribution in [2.75, 3.05) is 6.54 Å². The molecule has 6 nitrogen and oxygen atoms in total. The molecule has 0 atom stereocenters. The van der Waals surface area contributed by atoms with Crippen molar-refractivity contribution in [3.8, 4) is 0 Å². The van der Waals surface area contributed by atoms with Crippen molar-refractivity contribution in [1.82, 2.24) is 4.31 Å². The van der Waals surface area contributed by atoms with Crippen LogP contribution in [0.3, 0.4) is 0 Å². The van der Waals surface area contributed by atoms with Crippen molar-refractivity contribution >= 4 is 43.3 Å². The van der Waals surface area contributed by atoms with Crippen LogP contribution in [0.5, 0.6) is 0 Å². The summed E-state index contributed by atoms with van der Waals surface area (Å²) in [6.45, 7) is 2.22. The number of hydrogen-bond acceptors (Lipinski definition) is 5. The Bertz CT molecular complexity index is 736. The molecule has 2 heterocycles. The van der Waals surface area contributed by atoms with Crippen LogP contribution in [0.2, 0.25) is 0 Å². The number of furan rings is 1. The predicted octanol–water partition coefficient (Wildman–Crippen LogP) is 3.01. The van der Waals surface area contributed by atoms with E-state index in [9.17, 15) is 13.2 Å². The average Bonchev–Trinajstić information content (AvgIpc) is 3.04. The van der Waals surface area contributed by atoms with E-state index in [0.717, 1.165) is 10.9 Å². The molecule has 0 unspecified atom stereocenters. The standard InChI is InChI=1S/C12H12BrNO5S2/c1-2-14(7-8-4-3-5-20-8)21(17,18)10-6-9(12(15)16)19-11(10)13/h3-6H,2,7H2,1H3,(H,15,16). The largest absolute Gasteiger partial charge is 0.475 e. The van der Waals surface area contributed by atoms with Gasteiger partial charge in [0.15, 0.2) is 4.67 Å². The molecule has 0 saturated heterocycles. The highest BCUT2D eigenvalue weighted by molar-refractivity contribution is 9.10. The Balaban J connectivity index is 2.37. The Morgan fingerprint density at radius 1 is 1.52 bits per heavy atom. The smallest absolute Gasteiger partial charge is 0.371 e. The van der Waals surface area contributed by atoms with Gasteiger partial charge in [0.25, 0.3) is 0 Å². The maximum Gasteiger partial charge on any atom is 0.371 e.